The Kier molecular flexibility index (Phi) is 3.53. The Morgan fingerprint density at radius 1 is 0.800 bits per heavy atom. The van der Waals surface area contributed by atoms with E-state index >= 15 is 0 Å². The summed E-state index contributed by atoms with van der Waals surface area (Å²) in [5.41, 5.74) is 1.46. The number of benzene rings is 1. The summed E-state index contributed by atoms with van der Waals surface area (Å²) >= 11 is 0. The molecule has 108 valence electrons. The summed E-state index contributed by atoms with van der Waals surface area (Å²) in [6.07, 6.45) is 8.67. The minimum atomic E-state index is 0.891. The van der Waals surface area contributed by atoms with Crippen LogP contribution in [-0.4, -0.2) is 41.0 Å². The van der Waals surface area contributed by atoms with E-state index in [2.05, 4.69) is 40.1 Å². The topological polar surface area (TPSA) is 6.48 Å². The lowest BCUT2D eigenvalue weighted by Gasteiger charge is -2.39. The van der Waals surface area contributed by atoms with Crippen LogP contribution >= 0.6 is 0 Å². The summed E-state index contributed by atoms with van der Waals surface area (Å²) in [6.45, 7) is 3.71. The Morgan fingerprint density at radius 2 is 1.35 bits per heavy atom. The Balaban J connectivity index is 1.31. The van der Waals surface area contributed by atoms with Crippen molar-refractivity contribution in [1.29, 1.82) is 0 Å². The van der Waals surface area contributed by atoms with Gasteiger partial charge in [-0.15, -0.1) is 0 Å². The molecule has 2 nitrogen and oxygen atoms in total. The van der Waals surface area contributed by atoms with Crippen molar-refractivity contribution < 1.29 is 0 Å². The molecule has 0 bridgehead atoms. The predicted octanol–water partition coefficient (Wildman–Crippen LogP) is 3.28. The van der Waals surface area contributed by atoms with Crippen molar-refractivity contribution in [2.24, 2.45) is 0 Å². The Bertz CT molecular complexity index is 416. The standard InChI is InChI=1S/C18H26N2/c1-2-4-15(5-3-1)14-19-12-10-18(11-13-19)20(16-6-7-16)17-8-9-17/h1-5,16-18H,6-14H2. The van der Waals surface area contributed by atoms with Gasteiger partial charge in [0.05, 0.1) is 0 Å². The molecule has 1 aromatic rings. The highest BCUT2D eigenvalue weighted by Gasteiger charge is 2.43. The third-order valence-corrected chi connectivity index (χ3v) is 5.16. The molecule has 0 amide bonds. The number of piperidine rings is 1. The van der Waals surface area contributed by atoms with Gasteiger partial charge in [-0.25, -0.2) is 0 Å². The molecule has 2 saturated carbocycles. The first kappa shape index (κ1) is 12.8. The number of hydrogen-bond donors (Lipinski definition) is 0. The first-order valence-corrected chi connectivity index (χ1v) is 8.44. The van der Waals surface area contributed by atoms with Crippen LogP contribution < -0.4 is 0 Å². The molecule has 1 saturated heterocycles. The van der Waals surface area contributed by atoms with Crippen molar-refractivity contribution in [2.45, 2.75) is 63.2 Å². The van der Waals surface area contributed by atoms with E-state index in [1.807, 2.05) is 0 Å². The predicted molar refractivity (Wildman–Crippen MR) is 82.6 cm³/mol. The van der Waals surface area contributed by atoms with Crippen molar-refractivity contribution in [1.82, 2.24) is 9.80 Å². The SMILES string of the molecule is c1ccc(CN2CCC(N(C3CC3)C3CC3)CC2)cc1. The van der Waals surface area contributed by atoms with E-state index in [-0.39, 0.29) is 0 Å². The zero-order valence-electron chi connectivity index (χ0n) is 12.4. The van der Waals surface area contributed by atoms with Gasteiger partial charge in [-0.1, -0.05) is 30.3 Å². The van der Waals surface area contributed by atoms with E-state index in [0.717, 1.165) is 24.7 Å². The van der Waals surface area contributed by atoms with Gasteiger partial charge in [0.15, 0.2) is 0 Å². The fraction of sp³-hybridized carbons (Fsp3) is 0.667. The smallest absolute Gasteiger partial charge is 0.0233 e. The summed E-state index contributed by atoms with van der Waals surface area (Å²) in [7, 11) is 0. The van der Waals surface area contributed by atoms with Crippen molar-refractivity contribution >= 4 is 0 Å². The second-order valence-electron chi connectivity index (χ2n) is 6.90. The maximum absolute atomic E-state index is 2.92. The molecule has 2 aliphatic carbocycles. The fourth-order valence-electron chi connectivity index (χ4n) is 3.86. The van der Waals surface area contributed by atoms with Crippen LogP contribution in [0.4, 0.5) is 0 Å². The van der Waals surface area contributed by atoms with Gasteiger partial charge in [0.2, 0.25) is 0 Å². The molecule has 2 heteroatoms. The lowest BCUT2D eigenvalue weighted by molar-refractivity contribution is 0.0925. The number of likely N-dealkylation sites (tertiary alicyclic amines) is 1. The second kappa shape index (κ2) is 5.50. The van der Waals surface area contributed by atoms with E-state index in [9.17, 15) is 0 Å². The monoisotopic (exact) mass is 270 g/mol. The van der Waals surface area contributed by atoms with E-state index in [1.54, 1.807) is 0 Å². The average molecular weight is 270 g/mol. The Morgan fingerprint density at radius 3 is 1.90 bits per heavy atom. The summed E-state index contributed by atoms with van der Waals surface area (Å²) in [5, 5.41) is 0. The third kappa shape index (κ3) is 2.91. The highest BCUT2D eigenvalue weighted by molar-refractivity contribution is 5.14. The first-order valence-electron chi connectivity index (χ1n) is 8.44. The van der Waals surface area contributed by atoms with Crippen LogP contribution in [0, 0.1) is 0 Å². The maximum Gasteiger partial charge on any atom is 0.0233 e. The maximum atomic E-state index is 2.92. The molecule has 4 rings (SSSR count). The molecule has 0 radical (unpaired) electrons. The first-order chi connectivity index (χ1) is 9.90. The van der Waals surface area contributed by atoms with Gasteiger partial charge in [0.1, 0.15) is 0 Å². The van der Waals surface area contributed by atoms with Gasteiger partial charge in [0, 0.05) is 24.7 Å². The number of hydrogen-bond acceptors (Lipinski definition) is 2. The van der Waals surface area contributed by atoms with Crippen molar-refractivity contribution in [3.63, 3.8) is 0 Å². The summed E-state index contributed by atoms with van der Waals surface area (Å²) in [6, 6.07) is 13.8. The number of nitrogens with zero attached hydrogens (tertiary/aromatic N) is 2. The molecular formula is C18H26N2. The molecule has 1 aliphatic heterocycles. The van der Waals surface area contributed by atoms with Crippen molar-refractivity contribution in [3.05, 3.63) is 35.9 Å². The summed E-state index contributed by atoms with van der Waals surface area (Å²) in [5.74, 6) is 0. The van der Waals surface area contributed by atoms with Gasteiger partial charge in [-0.2, -0.15) is 0 Å². The zero-order valence-corrected chi connectivity index (χ0v) is 12.4. The molecule has 0 spiro atoms. The van der Waals surface area contributed by atoms with E-state index in [0.29, 0.717) is 0 Å². The summed E-state index contributed by atoms with van der Waals surface area (Å²) < 4.78 is 0. The fourth-order valence-corrected chi connectivity index (χ4v) is 3.86. The highest BCUT2D eigenvalue weighted by Crippen LogP contribution is 2.40. The molecule has 0 unspecified atom stereocenters. The highest BCUT2D eigenvalue weighted by atomic mass is 15.3. The molecule has 1 heterocycles. The molecule has 20 heavy (non-hydrogen) atoms. The van der Waals surface area contributed by atoms with Crippen molar-refractivity contribution in [3.8, 4) is 0 Å². The molecule has 0 aromatic heterocycles. The second-order valence-corrected chi connectivity index (χ2v) is 6.90. The van der Waals surface area contributed by atoms with Crippen LogP contribution in [0.1, 0.15) is 44.1 Å². The minimum absolute atomic E-state index is 0.891. The van der Waals surface area contributed by atoms with E-state index in [4.69, 9.17) is 0 Å². The quantitative estimate of drug-likeness (QED) is 0.810. The molecular weight excluding hydrogens is 244 g/mol. The van der Waals surface area contributed by atoms with E-state index in [1.165, 1.54) is 57.2 Å². The van der Waals surface area contributed by atoms with Gasteiger partial charge in [0.25, 0.3) is 0 Å². The molecule has 3 aliphatic rings. The molecule has 1 aromatic carbocycles. The number of rotatable bonds is 5. The lowest BCUT2D eigenvalue weighted by Crippen LogP contribution is -2.46. The molecule has 0 atom stereocenters. The molecule has 3 fully saturated rings. The molecule has 0 N–H and O–H groups in total. The summed E-state index contributed by atoms with van der Waals surface area (Å²) in [4.78, 5) is 5.56. The van der Waals surface area contributed by atoms with E-state index < -0.39 is 0 Å². The van der Waals surface area contributed by atoms with Crippen LogP contribution in [0.3, 0.4) is 0 Å². The van der Waals surface area contributed by atoms with Gasteiger partial charge in [-0.3, -0.25) is 9.80 Å². The largest absolute Gasteiger partial charge is 0.299 e. The zero-order chi connectivity index (χ0) is 13.4. The minimum Gasteiger partial charge on any atom is -0.299 e. The van der Waals surface area contributed by atoms with Crippen LogP contribution in [0.15, 0.2) is 30.3 Å². The van der Waals surface area contributed by atoms with Gasteiger partial charge in [-0.05, 0) is 57.2 Å². The third-order valence-electron chi connectivity index (χ3n) is 5.16. The normalized spacial score (nSPS) is 25.2. The van der Waals surface area contributed by atoms with Crippen LogP contribution in [0.5, 0.6) is 0 Å². The van der Waals surface area contributed by atoms with Crippen molar-refractivity contribution in [2.75, 3.05) is 13.1 Å². The average Bonchev–Trinajstić information content (AvgIpc) is 3.37. The van der Waals surface area contributed by atoms with Gasteiger partial charge < -0.3 is 0 Å². The lowest BCUT2D eigenvalue weighted by atomic mass is 10.0. The van der Waals surface area contributed by atoms with Gasteiger partial charge >= 0.3 is 0 Å². The Labute approximate surface area is 122 Å². The van der Waals surface area contributed by atoms with Crippen LogP contribution in [0.2, 0.25) is 0 Å². The van der Waals surface area contributed by atoms with Crippen LogP contribution in [0.25, 0.3) is 0 Å². The Hall–Kier alpha value is -0.860. The van der Waals surface area contributed by atoms with Crippen LogP contribution in [-0.2, 0) is 6.54 Å².